The zero-order valence-corrected chi connectivity index (χ0v) is 19.0. The molecule has 0 amide bonds. The van der Waals surface area contributed by atoms with Gasteiger partial charge in [-0.2, -0.15) is 4.31 Å². The summed E-state index contributed by atoms with van der Waals surface area (Å²) in [4.78, 5) is 0.350. The molecule has 0 aliphatic carbocycles. The quantitative estimate of drug-likeness (QED) is 0.640. The topological polar surface area (TPSA) is 90.0 Å². The van der Waals surface area contributed by atoms with Crippen LogP contribution in [0.1, 0.15) is 25.3 Å². The minimum atomic E-state index is -3.78. The van der Waals surface area contributed by atoms with E-state index in [4.69, 9.17) is 9.47 Å². The van der Waals surface area contributed by atoms with Crippen molar-refractivity contribution >= 4 is 19.9 Å². The molecule has 0 aromatic heterocycles. The fourth-order valence-corrected chi connectivity index (χ4v) is 7.03. The monoisotopic (exact) mass is 453 g/mol. The number of sulfonamides is 1. The Labute approximate surface area is 178 Å². The molecule has 0 atom stereocenters. The van der Waals surface area contributed by atoms with Gasteiger partial charge in [-0.05, 0) is 61.2 Å². The summed E-state index contributed by atoms with van der Waals surface area (Å²) in [6, 6.07) is 11.4. The summed E-state index contributed by atoms with van der Waals surface area (Å²) in [7, 11) is -4.37. The Morgan fingerprint density at radius 3 is 2.10 bits per heavy atom. The second kappa shape index (κ2) is 8.95. The van der Waals surface area contributed by atoms with E-state index in [0.717, 1.165) is 5.56 Å². The molecule has 164 valence electrons. The number of hydrogen-bond donors (Lipinski definition) is 0. The van der Waals surface area contributed by atoms with E-state index < -0.39 is 25.1 Å². The lowest BCUT2D eigenvalue weighted by atomic mass is 10.2. The molecule has 0 bridgehead atoms. The SMILES string of the molecule is CCc1ccc(OC)c(S(=O)(=O)N2CCC(S(=O)(=O)c3ccc(OC)cc3)CC2)c1. The smallest absolute Gasteiger partial charge is 0.246 e. The molecule has 0 radical (unpaired) electrons. The predicted molar refractivity (Wildman–Crippen MR) is 114 cm³/mol. The highest BCUT2D eigenvalue weighted by molar-refractivity contribution is 7.92. The van der Waals surface area contributed by atoms with E-state index in [1.54, 1.807) is 24.3 Å². The van der Waals surface area contributed by atoms with Crippen LogP contribution in [-0.4, -0.2) is 53.7 Å². The molecule has 0 N–H and O–H groups in total. The van der Waals surface area contributed by atoms with Crippen LogP contribution in [0.4, 0.5) is 0 Å². The van der Waals surface area contributed by atoms with Crippen molar-refractivity contribution in [2.45, 2.75) is 41.2 Å². The van der Waals surface area contributed by atoms with Crippen LogP contribution in [0.25, 0.3) is 0 Å². The third-order valence-electron chi connectivity index (χ3n) is 5.48. The second-order valence-electron chi connectivity index (χ2n) is 7.16. The van der Waals surface area contributed by atoms with E-state index in [9.17, 15) is 16.8 Å². The Morgan fingerprint density at radius 2 is 1.57 bits per heavy atom. The Kier molecular flexibility index (Phi) is 6.74. The second-order valence-corrected chi connectivity index (χ2v) is 11.3. The zero-order valence-electron chi connectivity index (χ0n) is 17.4. The van der Waals surface area contributed by atoms with E-state index in [2.05, 4.69) is 0 Å². The lowest BCUT2D eigenvalue weighted by molar-refractivity contribution is 0.342. The number of methoxy groups -OCH3 is 2. The van der Waals surface area contributed by atoms with E-state index in [0.29, 0.717) is 17.9 Å². The van der Waals surface area contributed by atoms with Gasteiger partial charge < -0.3 is 9.47 Å². The van der Waals surface area contributed by atoms with Crippen molar-refractivity contribution in [2.75, 3.05) is 27.3 Å². The number of piperidine rings is 1. The summed E-state index contributed by atoms with van der Waals surface area (Å²) in [5, 5.41) is -0.624. The predicted octanol–water partition coefficient (Wildman–Crippen LogP) is 2.89. The molecular weight excluding hydrogens is 426 g/mol. The van der Waals surface area contributed by atoms with Crippen LogP contribution in [0.2, 0.25) is 0 Å². The van der Waals surface area contributed by atoms with Gasteiger partial charge in [0.1, 0.15) is 16.4 Å². The maximum Gasteiger partial charge on any atom is 0.246 e. The van der Waals surface area contributed by atoms with Gasteiger partial charge in [-0.25, -0.2) is 16.8 Å². The molecule has 0 unspecified atom stereocenters. The van der Waals surface area contributed by atoms with Crippen molar-refractivity contribution in [3.8, 4) is 11.5 Å². The molecule has 1 aliphatic rings. The van der Waals surface area contributed by atoms with E-state index >= 15 is 0 Å². The summed E-state index contributed by atoms with van der Waals surface area (Å²) in [6.07, 6.45) is 1.18. The molecule has 0 saturated carbocycles. The van der Waals surface area contributed by atoms with Crippen LogP contribution < -0.4 is 9.47 Å². The lowest BCUT2D eigenvalue weighted by Crippen LogP contribution is -2.42. The Morgan fingerprint density at radius 1 is 0.933 bits per heavy atom. The van der Waals surface area contributed by atoms with Gasteiger partial charge in [0.05, 0.1) is 24.4 Å². The molecule has 1 saturated heterocycles. The first-order chi connectivity index (χ1) is 14.2. The summed E-state index contributed by atoms with van der Waals surface area (Å²) >= 11 is 0. The van der Waals surface area contributed by atoms with Gasteiger partial charge >= 0.3 is 0 Å². The average molecular weight is 454 g/mol. The molecule has 0 spiro atoms. The molecule has 2 aromatic rings. The van der Waals surface area contributed by atoms with Gasteiger partial charge in [-0.3, -0.25) is 0 Å². The van der Waals surface area contributed by atoms with Gasteiger partial charge in [-0.1, -0.05) is 13.0 Å². The van der Waals surface area contributed by atoms with Crippen molar-refractivity contribution < 1.29 is 26.3 Å². The van der Waals surface area contributed by atoms with Crippen molar-refractivity contribution in [3.63, 3.8) is 0 Å². The largest absolute Gasteiger partial charge is 0.497 e. The molecule has 1 fully saturated rings. The van der Waals surface area contributed by atoms with Crippen LogP contribution in [-0.2, 0) is 26.3 Å². The van der Waals surface area contributed by atoms with Gasteiger partial charge in [0.2, 0.25) is 10.0 Å². The maximum atomic E-state index is 13.2. The molecule has 2 aromatic carbocycles. The minimum absolute atomic E-state index is 0.126. The Bertz CT molecular complexity index is 1090. The first-order valence-corrected chi connectivity index (χ1v) is 12.8. The average Bonchev–Trinajstić information content (AvgIpc) is 2.78. The number of ether oxygens (including phenoxy) is 2. The van der Waals surface area contributed by atoms with Crippen LogP contribution in [0.15, 0.2) is 52.3 Å². The van der Waals surface area contributed by atoms with Crippen LogP contribution in [0.3, 0.4) is 0 Å². The molecular formula is C21H27NO6S2. The highest BCUT2D eigenvalue weighted by atomic mass is 32.2. The van der Waals surface area contributed by atoms with Gasteiger partial charge in [0.25, 0.3) is 0 Å². The van der Waals surface area contributed by atoms with Gasteiger partial charge in [-0.15, -0.1) is 0 Å². The number of rotatable bonds is 7. The Balaban J connectivity index is 1.79. The van der Waals surface area contributed by atoms with Crippen molar-refractivity contribution in [2.24, 2.45) is 0 Å². The number of benzene rings is 2. The van der Waals surface area contributed by atoms with Crippen molar-refractivity contribution in [3.05, 3.63) is 48.0 Å². The molecule has 7 nitrogen and oxygen atoms in total. The zero-order chi connectivity index (χ0) is 21.9. The first kappa shape index (κ1) is 22.6. The number of hydrogen-bond acceptors (Lipinski definition) is 6. The molecule has 1 aliphatic heterocycles. The Hall–Kier alpha value is -2.10. The van der Waals surface area contributed by atoms with Gasteiger partial charge in [0, 0.05) is 13.1 Å². The third kappa shape index (κ3) is 4.33. The third-order valence-corrected chi connectivity index (χ3v) is 9.68. The van der Waals surface area contributed by atoms with Crippen LogP contribution in [0.5, 0.6) is 11.5 Å². The van der Waals surface area contributed by atoms with E-state index in [-0.39, 0.29) is 35.7 Å². The highest BCUT2D eigenvalue weighted by Gasteiger charge is 2.36. The van der Waals surface area contributed by atoms with Crippen molar-refractivity contribution in [1.29, 1.82) is 0 Å². The standard InChI is InChI=1S/C21H27NO6S2/c1-4-16-5-10-20(28-3)21(15-16)30(25,26)22-13-11-19(12-14-22)29(23,24)18-8-6-17(27-2)7-9-18/h5-10,15,19H,4,11-14H2,1-3H3. The molecule has 3 rings (SSSR count). The van der Waals surface area contributed by atoms with E-state index in [1.165, 1.54) is 30.7 Å². The summed E-state index contributed by atoms with van der Waals surface area (Å²) in [5.41, 5.74) is 0.895. The van der Waals surface area contributed by atoms with Crippen LogP contribution in [0, 0.1) is 0 Å². The highest BCUT2D eigenvalue weighted by Crippen LogP contribution is 2.32. The maximum absolute atomic E-state index is 13.2. The molecule has 30 heavy (non-hydrogen) atoms. The molecule has 1 heterocycles. The first-order valence-electron chi connectivity index (χ1n) is 9.79. The number of sulfone groups is 1. The summed E-state index contributed by atoms with van der Waals surface area (Å²) in [5.74, 6) is 0.873. The fraction of sp³-hybridized carbons (Fsp3) is 0.429. The number of aryl methyl sites for hydroxylation is 1. The van der Waals surface area contributed by atoms with Crippen LogP contribution >= 0.6 is 0 Å². The lowest BCUT2D eigenvalue weighted by Gasteiger charge is -2.31. The minimum Gasteiger partial charge on any atom is -0.497 e. The fourth-order valence-electron chi connectivity index (χ4n) is 3.62. The normalized spacial score (nSPS) is 16.4. The van der Waals surface area contributed by atoms with Gasteiger partial charge in [0.15, 0.2) is 9.84 Å². The van der Waals surface area contributed by atoms with Crippen molar-refractivity contribution in [1.82, 2.24) is 4.31 Å². The number of nitrogens with zero attached hydrogens (tertiary/aromatic N) is 1. The molecule has 9 heteroatoms. The summed E-state index contributed by atoms with van der Waals surface area (Å²) < 4.78 is 64.1. The van der Waals surface area contributed by atoms with E-state index in [1.807, 2.05) is 13.0 Å². The summed E-state index contributed by atoms with van der Waals surface area (Å²) in [6.45, 7) is 2.23.